The summed E-state index contributed by atoms with van der Waals surface area (Å²) in [4.78, 5) is 18.8. The fraction of sp³-hybridized carbons (Fsp3) is 0.143. The van der Waals surface area contributed by atoms with Crippen LogP contribution in [-0.2, 0) is 13.0 Å². The number of hydrogen-bond acceptors (Lipinski definition) is 3. The van der Waals surface area contributed by atoms with Crippen molar-refractivity contribution < 1.29 is 9.18 Å². The number of carbonyl (C=O) groups excluding carboxylic acids is 1. The summed E-state index contributed by atoms with van der Waals surface area (Å²) in [5, 5.41) is 3.08. The van der Waals surface area contributed by atoms with E-state index in [4.69, 9.17) is 0 Å². The summed E-state index contributed by atoms with van der Waals surface area (Å²) in [6, 6.07) is 18.1. The molecule has 1 amide bonds. The van der Waals surface area contributed by atoms with Gasteiger partial charge in [0.15, 0.2) is 0 Å². The molecule has 3 aromatic rings. The molecule has 0 spiro atoms. The zero-order chi connectivity index (χ0) is 17.9. The van der Waals surface area contributed by atoms with Gasteiger partial charge in [-0.05, 0) is 36.2 Å². The molecular formula is C21H18FN3O. The molecule has 1 N–H and O–H groups in total. The van der Waals surface area contributed by atoms with Crippen LogP contribution >= 0.6 is 0 Å². The SMILES string of the molecule is O=C(c1ccc(NCc2ccccc2F)nc1)N1CCc2ccccc21. The van der Waals surface area contributed by atoms with E-state index in [2.05, 4.69) is 16.4 Å². The lowest BCUT2D eigenvalue weighted by molar-refractivity contribution is 0.0989. The molecule has 0 saturated carbocycles. The molecule has 4 rings (SSSR count). The number of aromatic nitrogens is 1. The number of carbonyl (C=O) groups is 1. The van der Waals surface area contributed by atoms with Gasteiger partial charge in [-0.25, -0.2) is 9.37 Å². The Kier molecular flexibility index (Phi) is 4.35. The van der Waals surface area contributed by atoms with Crippen LogP contribution in [0.1, 0.15) is 21.5 Å². The number of amides is 1. The molecular weight excluding hydrogens is 329 g/mol. The van der Waals surface area contributed by atoms with Gasteiger partial charge >= 0.3 is 0 Å². The van der Waals surface area contributed by atoms with Gasteiger partial charge in [-0.2, -0.15) is 0 Å². The van der Waals surface area contributed by atoms with Gasteiger partial charge in [-0.1, -0.05) is 36.4 Å². The van der Waals surface area contributed by atoms with Crippen molar-refractivity contribution in [2.75, 3.05) is 16.8 Å². The predicted molar refractivity (Wildman–Crippen MR) is 99.8 cm³/mol. The zero-order valence-electron chi connectivity index (χ0n) is 14.2. The molecule has 26 heavy (non-hydrogen) atoms. The lowest BCUT2D eigenvalue weighted by atomic mass is 10.2. The number of hydrogen-bond donors (Lipinski definition) is 1. The highest BCUT2D eigenvalue weighted by atomic mass is 19.1. The van der Waals surface area contributed by atoms with Crippen molar-refractivity contribution in [1.82, 2.24) is 4.98 Å². The van der Waals surface area contributed by atoms with E-state index in [9.17, 15) is 9.18 Å². The normalized spacial score (nSPS) is 12.7. The number of pyridine rings is 1. The van der Waals surface area contributed by atoms with E-state index in [1.807, 2.05) is 18.2 Å². The molecule has 1 aliphatic heterocycles. The zero-order valence-corrected chi connectivity index (χ0v) is 14.2. The van der Waals surface area contributed by atoms with Gasteiger partial charge in [0.25, 0.3) is 5.91 Å². The smallest absolute Gasteiger partial charge is 0.259 e. The van der Waals surface area contributed by atoms with Crippen LogP contribution in [0.2, 0.25) is 0 Å². The Morgan fingerprint density at radius 1 is 1.08 bits per heavy atom. The predicted octanol–water partition coefficient (Wildman–Crippen LogP) is 4.04. The highest BCUT2D eigenvalue weighted by Gasteiger charge is 2.25. The molecule has 4 nitrogen and oxygen atoms in total. The van der Waals surface area contributed by atoms with Gasteiger partial charge in [-0.15, -0.1) is 0 Å². The van der Waals surface area contributed by atoms with Crippen molar-refractivity contribution in [3.63, 3.8) is 0 Å². The van der Waals surface area contributed by atoms with Gasteiger partial charge in [0, 0.05) is 30.5 Å². The van der Waals surface area contributed by atoms with Crippen LogP contribution in [0, 0.1) is 5.82 Å². The van der Waals surface area contributed by atoms with Crippen molar-refractivity contribution >= 4 is 17.4 Å². The van der Waals surface area contributed by atoms with Crippen molar-refractivity contribution in [3.05, 3.63) is 89.4 Å². The third-order valence-corrected chi connectivity index (χ3v) is 4.56. The quantitative estimate of drug-likeness (QED) is 0.775. The molecule has 0 fully saturated rings. The Labute approximate surface area is 151 Å². The molecule has 130 valence electrons. The van der Waals surface area contributed by atoms with Crippen LogP contribution in [0.25, 0.3) is 0 Å². The summed E-state index contributed by atoms with van der Waals surface area (Å²) in [7, 11) is 0. The van der Waals surface area contributed by atoms with Crippen molar-refractivity contribution in [3.8, 4) is 0 Å². The third-order valence-electron chi connectivity index (χ3n) is 4.56. The molecule has 5 heteroatoms. The second-order valence-electron chi connectivity index (χ2n) is 6.21. The number of anilines is 2. The summed E-state index contributed by atoms with van der Waals surface area (Å²) >= 11 is 0. The lowest BCUT2D eigenvalue weighted by Crippen LogP contribution is -2.28. The third kappa shape index (κ3) is 3.16. The molecule has 2 aromatic carbocycles. The largest absolute Gasteiger partial charge is 0.366 e. The van der Waals surface area contributed by atoms with Crippen molar-refractivity contribution in [2.24, 2.45) is 0 Å². The Balaban J connectivity index is 1.45. The van der Waals surface area contributed by atoms with Gasteiger partial charge in [0.2, 0.25) is 0 Å². The minimum Gasteiger partial charge on any atom is -0.366 e. The van der Waals surface area contributed by atoms with Gasteiger partial charge in [0.05, 0.1) is 5.56 Å². The highest BCUT2D eigenvalue weighted by Crippen LogP contribution is 2.28. The first kappa shape index (κ1) is 16.3. The standard InChI is InChI=1S/C21H18FN3O/c22-18-7-3-1-6-16(18)13-23-20-10-9-17(14-24-20)21(26)25-12-11-15-5-2-4-8-19(15)25/h1-10,14H,11-13H2,(H,23,24). The first-order valence-electron chi connectivity index (χ1n) is 8.55. The van der Waals surface area contributed by atoms with E-state index < -0.39 is 0 Å². The monoisotopic (exact) mass is 347 g/mol. The minimum atomic E-state index is -0.250. The average molecular weight is 347 g/mol. The van der Waals surface area contributed by atoms with Crippen LogP contribution < -0.4 is 10.2 Å². The van der Waals surface area contributed by atoms with E-state index in [0.717, 1.165) is 12.1 Å². The molecule has 0 radical (unpaired) electrons. The molecule has 1 aromatic heterocycles. The van der Waals surface area contributed by atoms with Crippen LogP contribution in [-0.4, -0.2) is 17.4 Å². The van der Waals surface area contributed by atoms with E-state index in [-0.39, 0.29) is 11.7 Å². The van der Waals surface area contributed by atoms with E-state index >= 15 is 0 Å². The van der Waals surface area contributed by atoms with Crippen LogP contribution in [0.5, 0.6) is 0 Å². The average Bonchev–Trinajstić information content (AvgIpc) is 3.11. The molecule has 0 unspecified atom stereocenters. The number of halogens is 1. The number of nitrogens with one attached hydrogen (secondary N) is 1. The summed E-state index contributed by atoms with van der Waals surface area (Å²) in [6.07, 6.45) is 2.44. The maximum absolute atomic E-state index is 13.6. The van der Waals surface area contributed by atoms with Crippen LogP contribution in [0.4, 0.5) is 15.9 Å². The molecule has 1 aliphatic rings. The van der Waals surface area contributed by atoms with E-state index in [1.54, 1.807) is 41.4 Å². The van der Waals surface area contributed by atoms with E-state index in [0.29, 0.717) is 30.0 Å². The number of fused-ring (bicyclic) bond motifs is 1. The van der Waals surface area contributed by atoms with Crippen molar-refractivity contribution in [2.45, 2.75) is 13.0 Å². The maximum Gasteiger partial charge on any atom is 0.259 e. The van der Waals surface area contributed by atoms with Crippen LogP contribution in [0.3, 0.4) is 0 Å². The summed E-state index contributed by atoms with van der Waals surface area (Å²) < 4.78 is 13.6. The molecule has 0 aliphatic carbocycles. The second-order valence-corrected chi connectivity index (χ2v) is 6.21. The first-order valence-corrected chi connectivity index (χ1v) is 8.55. The van der Waals surface area contributed by atoms with Gasteiger partial charge in [-0.3, -0.25) is 4.79 Å². The minimum absolute atomic E-state index is 0.0527. The Bertz CT molecular complexity index is 940. The Hall–Kier alpha value is -3.21. The van der Waals surface area contributed by atoms with Gasteiger partial charge in [0.1, 0.15) is 11.6 Å². The van der Waals surface area contributed by atoms with Crippen LogP contribution in [0.15, 0.2) is 66.9 Å². The number of nitrogens with zero attached hydrogens (tertiary/aromatic N) is 2. The fourth-order valence-corrected chi connectivity index (χ4v) is 3.16. The molecule has 0 saturated heterocycles. The second kappa shape index (κ2) is 6.96. The molecule has 0 atom stereocenters. The first-order chi connectivity index (χ1) is 12.7. The number of rotatable bonds is 4. The van der Waals surface area contributed by atoms with Gasteiger partial charge < -0.3 is 10.2 Å². The lowest BCUT2D eigenvalue weighted by Gasteiger charge is -2.17. The van der Waals surface area contributed by atoms with E-state index in [1.165, 1.54) is 11.6 Å². The Morgan fingerprint density at radius 2 is 1.88 bits per heavy atom. The Morgan fingerprint density at radius 3 is 2.69 bits per heavy atom. The maximum atomic E-state index is 13.6. The fourth-order valence-electron chi connectivity index (χ4n) is 3.16. The van der Waals surface area contributed by atoms with Crippen molar-refractivity contribution in [1.29, 1.82) is 0 Å². The summed E-state index contributed by atoms with van der Waals surface area (Å²) in [6.45, 7) is 1.03. The number of benzene rings is 2. The number of para-hydroxylation sites is 1. The summed E-state index contributed by atoms with van der Waals surface area (Å²) in [5.41, 5.74) is 3.28. The summed E-state index contributed by atoms with van der Waals surface area (Å²) in [5.74, 6) is 0.300. The molecule has 2 heterocycles. The molecule has 0 bridgehead atoms. The highest BCUT2D eigenvalue weighted by molar-refractivity contribution is 6.07. The topological polar surface area (TPSA) is 45.2 Å².